The molecule has 210 valence electrons. The lowest BCUT2D eigenvalue weighted by atomic mass is 9.94. The summed E-state index contributed by atoms with van der Waals surface area (Å²) >= 11 is 4.58. The van der Waals surface area contributed by atoms with Crippen molar-refractivity contribution < 1.29 is 34.0 Å². The van der Waals surface area contributed by atoms with Crippen LogP contribution in [0.15, 0.2) is 58.6 Å². The summed E-state index contributed by atoms with van der Waals surface area (Å²) < 4.78 is 17.8. The van der Waals surface area contributed by atoms with Gasteiger partial charge in [0.1, 0.15) is 23.4 Å². The van der Waals surface area contributed by atoms with Crippen molar-refractivity contribution in [2.24, 2.45) is 0 Å². The second kappa shape index (κ2) is 10.4. The molecule has 3 heterocycles. The molecule has 1 amide bonds. The summed E-state index contributed by atoms with van der Waals surface area (Å²) in [5, 5.41) is 22.3. The number of carbonyl (C=O) groups is 2. The first-order valence-corrected chi connectivity index (χ1v) is 14.5. The average molecular weight is 638 g/mol. The van der Waals surface area contributed by atoms with Gasteiger partial charge in [0.05, 0.1) is 40.0 Å². The third kappa shape index (κ3) is 4.58. The Hall–Kier alpha value is -4.09. The molecule has 0 saturated carbocycles. The minimum Gasteiger partial charge on any atom is -0.507 e. The van der Waals surface area contributed by atoms with E-state index in [9.17, 15) is 19.8 Å². The number of aliphatic hydroxyl groups excluding tert-OH is 1. The number of ether oxygens (including phenoxy) is 3. The number of aromatic hydroxyl groups is 1. The fourth-order valence-electron chi connectivity index (χ4n) is 5.23. The van der Waals surface area contributed by atoms with Crippen LogP contribution in [0.5, 0.6) is 23.0 Å². The van der Waals surface area contributed by atoms with Crippen LogP contribution in [0.4, 0.5) is 5.13 Å². The van der Waals surface area contributed by atoms with Gasteiger partial charge in [0.2, 0.25) is 0 Å². The number of thiazole rings is 1. The molecule has 2 atom stereocenters. The molecule has 0 radical (unpaired) electrons. The smallest absolute Gasteiger partial charge is 0.301 e. The minimum atomic E-state index is -1.06. The molecule has 11 heteroatoms. The molecule has 9 nitrogen and oxygen atoms in total. The summed E-state index contributed by atoms with van der Waals surface area (Å²) in [7, 11) is 1.40. The number of phenols is 1. The number of carbonyl (C=O) groups excluding carboxylic acids is 2. The predicted molar refractivity (Wildman–Crippen MR) is 158 cm³/mol. The van der Waals surface area contributed by atoms with Crippen LogP contribution < -0.4 is 19.1 Å². The number of benzene rings is 3. The van der Waals surface area contributed by atoms with Gasteiger partial charge < -0.3 is 24.4 Å². The molecule has 4 aromatic rings. The van der Waals surface area contributed by atoms with Crippen molar-refractivity contribution in [2.45, 2.75) is 32.4 Å². The highest BCUT2D eigenvalue weighted by Gasteiger charge is 2.48. The first-order valence-electron chi connectivity index (χ1n) is 12.9. The number of methoxy groups -OCH3 is 1. The maximum atomic E-state index is 13.7. The van der Waals surface area contributed by atoms with Gasteiger partial charge in [-0.05, 0) is 89.4 Å². The number of fused-ring (bicyclic) bond motifs is 2. The van der Waals surface area contributed by atoms with Crippen molar-refractivity contribution in [1.82, 2.24) is 4.98 Å². The molecule has 1 saturated heterocycles. The van der Waals surface area contributed by atoms with E-state index in [1.54, 1.807) is 36.4 Å². The number of anilines is 1. The zero-order valence-electron chi connectivity index (χ0n) is 22.3. The first-order chi connectivity index (χ1) is 19.7. The van der Waals surface area contributed by atoms with E-state index in [-0.39, 0.29) is 34.1 Å². The summed E-state index contributed by atoms with van der Waals surface area (Å²) in [5.74, 6) is -0.619. The van der Waals surface area contributed by atoms with Gasteiger partial charge in [-0.25, -0.2) is 4.98 Å². The number of hydrogen-bond donors (Lipinski definition) is 2. The molecule has 1 aromatic heterocycles. The van der Waals surface area contributed by atoms with Gasteiger partial charge in [-0.2, -0.15) is 0 Å². The Labute approximate surface area is 247 Å². The summed E-state index contributed by atoms with van der Waals surface area (Å²) in [4.78, 5) is 33.3. The van der Waals surface area contributed by atoms with Crippen molar-refractivity contribution in [2.75, 3.05) is 18.6 Å². The van der Waals surface area contributed by atoms with Gasteiger partial charge in [-0.15, -0.1) is 0 Å². The van der Waals surface area contributed by atoms with Crippen LogP contribution in [0.1, 0.15) is 36.6 Å². The van der Waals surface area contributed by atoms with Crippen molar-refractivity contribution >= 4 is 60.1 Å². The minimum absolute atomic E-state index is 0.00272. The van der Waals surface area contributed by atoms with Crippen molar-refractivity contribution in [3.63, 3.8) is 0 Å². The van der Waals surface area contributed by atoms with E-state index < -0.39 is 17.7 Å². The van der Waals surface area contributed by atoms with Gasteiger partial charge >= 0.3 is 5.91 Å². The van der Waals surface area contributed by atoms with Crippen LogP contribution in [0.25, 0.3) is 16.0 Å². The van der Waals surface area contributed by atoms with E-state index >= 15 is 0 Å². The number of hydrogen-bond acceptors (Lipinski definition) is 9. The maximum Gasteiger partial charge on any atom is 0.301 e. The number of halogens is 1. The molecular formula is C30H25BrN2O7S. The zero-order chi connectivity index (χ0) is 29.0. The number of nitrogens with zero attached hydrogens (tertiary/aromatic N) is 2. The highest BCUT2D eigenvalue weighted by molar-refractivity contribution is 9.10. The van der Waals surface area contributed by atoms with Crippen LogP contribution in [0.3, 0.4) is 0 Å². The third-order valence-corrected chi connectivity index (χ3v) is 8.69. The fourth-order valence-corrected chi connectivity index (χ4v) is 6.71. The van der Waals surface area contributed by atoms with E-state index in [0.29, 0.717) is 39.9 Å². The monoisotopic (exact) mass is 636 g/mol. The van der Waals surface area contributed by atoms with E-state index in [1.807, 2.05) is 19.9 Å². The zero-order valence-corrected chi connectivity index (χ0v) is 24.7. The summed E-state index contributed by atoms with van der Waals surface area (Å²) in [5.41, 5.74) is 2.25. The van der Waals surface area contributed by atoms with Gasteiger partial charge in [-0.3, -0.25) is 14.5 Å². The summed E-state index contributed by atoms with van der Waals surface area (Å²) in [6.07, 6.45) is 0.656. The Bertz CT molecular complexity index is 1770. The number of aromatic nitrogens is 1. The average Bonchev–Trinajstić information content (AvgIpc) is 3.61. The first kappa shape index (κ1) is 27.1. The maximum absolute atomic E-state index is 13.7. The highest BCUT2D eigenvalue weighted by Crippen LogP contribution is 2.48. The van der Waals surface area contributed by atoms with Crippen LogP contribution in [0.2, 0.25) is 0 Å². The molecule has 0 spiro atoms. The summed E-state index contributed by atoms with van der Waals surface area (Å²) in [6.45, 7) is 4.34. The van der Waals surface area contributed by atoms with Crippen molar-refractivity contribution in [3.05, 3.63) is 75.3 Å². The molecule has 1 fully saturated rings. The second-order valence-corrected chi connectivity index (χ2v) is 11.6. The Morgan fingerprint density at radius 2 is 2.00 bits per heavy atom. The largest absolute Gasteiger partial charge is 0.507 e. The Morgan fingerprint density at radius 1 is 1.20 bits per heavy atom. The van der Waals surface area contributed by atoms with Crippen molar-refractivity contribution in [1.29, 1.82) is 0 Å². The number of ketones is 1. The van der Waals surface area contributed by atoms with E-state index in [0.717, 1.165) is 16.0 Å². The number of Topliss-reactive ketones (excluding diaryl/α,β-unsaturated/α-hetero) is 1. The van der Waals surface area contributed by atoms with Gasteiger partial charge in [0, 0.05) is 12.0 Å². The number of aliphatic hydroxyl groups is 1. The molecule has 2 aliphatic heterocycles. The molecule has 41 heavy (non-hydrogen) atoms. The van der Waals surface area contributed by atoms with Crippen LogP contribution in [-0.4, -0.2) is 46.7 Å². The molecule has 2 aliphatic rings. The van der Waals surface area contributed by atoms with E-state index in [4.69, 9.17) is 14.2 Å². The second-order valence-electron chi connectivity index (χ2n) is 9.74. The molecule has 0 aliphatic carbocycles. The number of rotatable bonds is 6. The molecular weight excluding hydrogens is 612 g/mol. The third-order valence-electron chi connectivity index (χ3n) is 7.07. The molecule has 0 unspecified atom stereocenters. The lowest BCUT2D eigenvalue weighted by molar-refractivity contribution is -0.132. The molecule has 3 aromatic carbocycles. The summed E-state index contributed by atoms with van der Waals surface area (Å²) in [6, 6.07) is 12.7. The van der Waals surface area contributed by atoms with Gasteiger partial charge in [0.25, 0.3) is 5.78 Å². The predicted octanol–water partition coefficient (Wildman–Crippen LogP) is 6.12. The Balaban J connectivity index is 1.55. The normalized spacial score (nSPS) is 19.5. The van der Waals surface area contributed by atoms with E-state index in [1.165, 1.54) is 29.4 Å². The van der Waals surface area contributed by atoms with Crippen LogP contribution in [-0.2, 0) is 16.0 Å². The Morgan fingerprint density at radius 3 is 2.76 bits per heavy atom. The standard InChI is InChI=1S/C30H25BrN2O7S/c1-4-39-18-6-7-20-23(13-18)41-30(32-20)33-25(17-11-19(31)27(35)22(12-17)38-3)24(28(36)29(33)37)26(34)15-5-8-21-16(10-15)9-14(2)40-21/h5-8,10-14,25,34-35H,4,9H2,1-3H3/t14-,25+/m0/s1. The number of amides is 1. The van der Waals surface area contributed by atoms with Gasteiger partial charge in [0.15, 0.2) is 16.6 Å². The lowest BCUT2D eigenvalue weighted by Crippen LogP contribution is -2.29. The van der Waals surface area contributed by atoms with Gasteiger partial charge in [-0.1, -0.05) is 11.3 Å². The fraction of sp³-hybridized carbons (Fsp3) is 0.233. The number of phenolic OH excluding ortho intramolecular Hbond substituents is 1. The van der Waals surface area contributed by atoms with Crippen molar-refractivity contribution in [3.8, 4) is 23.0 Å². The van der Waals surface area contributed by atoms with Crippen LogP contribution in [0, 0.1) is 0 Å². The SMILES string of the molecule is CCOc1ccc2nc(N3C(=O)C(=O)C(=C(O)c4ccc5c(c4)C[C@H](C)O5)[C@H]3c3cc(Br)c(O)c(OC)c3)sc2c1. The van der Waals surface area contributed by atoms with Crippen LogP contribution >= 0.6 is 27.3 Å². The molecule has 2 N–H and O–H groups in total. The highest BCUT2D eigenvalue weighted by atomic mass is 79.9. The Kier molecular flexibility index (Phi) is 6.87. The lowest BCUT2D eigenvalue weighted by Gasteiger charge is -2.24. The topological polar surface area (TPSA) is 118 Å². The molecule has 0 bridgehead atoms. The quantitative estimate of drug-likeness (QED) is 0.148. The van der Waals surface area contributed by atoms with E-state index in [2.05, 4.69) is 20.9 Å². The molecule has 6 rings (SSSR count).